The van der Waals surface area contributed by atoms with Crippen LogP contribution in [-0.2, 0) is 0 Å². The highest BCUT2D eigenvalue weighted by molar-refractivity contribution is 6.15. The Hall–Kier alpha value is -5.86. The van der Waals surface area contributed by atoms with Crippen molar-refractivity contribution in [3.63, 3.8) is 0 Å². The number of fused-ring (bicyclic) bond motifs is 7. The Morgan fingerprint density at radius 1 is 0.455 bits per heavy atom. The van der Waals surface area contributed by atoms with Crippen molar-refractivity contribution in [1.82, 2.24) is 0 Å². The molecule has 44 heavy (non-hydrogen) atoms. The number of anilines is 3. The van der Waals surface area contributed by atoms with Crippen LogP contribution in [0.5, 0.6) is 0 Å². The highest BCUT2D eigenvalue weighted by Crippen LogP contribution is 2.43. The molecule has 1 heterocycles. The van der Waals surface area contributed by atoms with Crippen LogP contribution < -0.4 is 4.90 Å². The van der Waals surface area contributed by atoms with Crippen molar-refractivity contribution in [1.29, 1.82) is 0 Å². The lowest BCUT2D eigenvalue weighted by Crippen LogP contribution is -2.10. The van der Waals surface area contributed by atoms with Crippen molar-refractivity contribution in [2.75, 3.05) is 4.90 Å². The molecule has 9 rings (SSSR count). The zero-order chi connectivity index (χ0) is 36.9. The van der Waals surface area contributed by atoms with Gasteiger partial charge in [0.15, 0.2) is 0 Å². The van der Waals surface area contributed by atoms with E-state index in [4.69, 9.17) is 15.4 Å². The zero-order valence-corrected chi connectivity index (χ0v) is 23.2. The summed E-state index contributed by atoms with van der Waals surface area (Å²) >= 11 is 0. The number of hydrogen-bond acceptors (Lipinski definition) is 2. The summed E-state index contributed by atoms with van der Waals surface area (Å²) in [5.41, 5.74) is 4.67. The van der Waals surface area contributed by atoms with E-state index in [1.54, 1.807) is 4.90 Å². The van der Waals surface area contributed by atoms with Crippen LogP contribution in [0.4, 0.5) is 17.1 Å². The predicted molar refractivity (Wildman–Crippen MR) is 186 cm³/mol. The van der Waals surface area contributed by atoms with E-state index in [0.717, 1.165) is 43.8 Å². The van der Waals surface area contributed by atoms with Gasteiger partial charge in [-0.05, 0) is 86.6 Å². The first-order valence-corrected chi connectivity index (χ1v) is 14.3. The lowest BCUT2D eigenvalue weighted by molar-refractivity contribution is 0.669. The first-order valence-electron chi connectivity index (χ1n) is 18.8. The molecule has 0 unspecified atom stereocenters. The number of furan rings is 1. The molecule has 1 aromatic heterocycles. The first-order chi connectivity index (χ1) is 25.5. The Kier molecular flexibility index (Phi) is 3.88. The number of benzene rings is 8. The predicted octanol–water partition coefficient (Wildman–Crippen LogP) is 12.2. The van der Waals surface area contributed by atoms with E-state index in [0.29, 0.717) is 11.4 Å². The summed E-state index contributed by atoms with van der Waals surface area (Å²) in [7, 11) is 0. The third kappa shape index (κ3) is 3.96. The molecule has 0 saturated heterocycles. The molecule has 0 aliphatic carbocycles. The standard InChI is InChI=1S/C42H27NO/c1-2-10-30-25-34(23-19-28(30)9-1)43(40-27-32-11-3-4-12-35(32)36-13-5-6-14-37(36)40)33-21-17-29(18-22-33)31-20-24-42-39(26-31)38-15-7-8-16-41(38)44-42/h1-27H/i3D,4D,5D,6D,11D,12D,13D,14D,27D. The maximum absolute atomic E-state index is 9.66. The normalized spacial score (nSPS) is 14.5. The molecule has 0 amide bonds. The van der Waals surface area contributed by atoms with Gasteiger partial charge in [0.25, 0.3) is 0 Å². The Morgan fingerprint density at radius 3 is 2.02 bits per heavy atom. The molecule has 0 saturated carbocycles. The van der Waals surface area contributed by atoms with Crippen LogP contribution in [0.2, 0.25) is 0 Å². The van der Waals surface area contributed by atoms with Crippen LogP contribution in [0, 0.1) is 0 Å². The molecule has 0 radical (unpaired) electrons. The van der Waals surface area contributed by atoms with Gasteiger partial charge in [-0.15, -0.1) is 0 Å². The van der Waals surface area contributed by atoms with E-state index in [1.165, 1.54) is 0 Å². The van der Waals surface area contributed by atoms with Gasteiger partial charge >= 0.3 is 0 Å². The SMILES string of the molecule is [2H]c1c([2H])c([2H])c2c(c1[2H])c([2H])c(N(c1ccc(-c3ccc4oc5ccccc5c4c3)cc1)c1ccc3ccccc3c1)c1c([2H])c([2H])c([2H])c([2H])c12. The Morgan fingerprint density at radius 2 is 1.14 bits per heavy atom. The second-order valence-corrected chi connectivity index (χ2v) is 10.7. The summed E-state index contributed by atoms with van der Waals surface area (Å²) in [5.74, 6) is 0. The third-order valence-electron chi connectivity index (χ3n) is 8.16. The largest absolute Gasteiger partial charge is 0.456 e. The second kappa shape index (κ2) is 9.86. The van der Waals surface area contributed by atoms with E-state index < -0.39 is 48.3 Å². The van der Waals surface area contributed by atoms with Crippen LogP contribution in [0.25, 0.3) is 65.4 Å². The number of rotatable bonds is 4. The fourth-order valence-electron chi connectivity index (χ4n) is 6.05. The Bertz CT molecular complexity index is 3010. The molecule has 206 valence electrons. The number of nitrogens with zero attached hydrogens (tertiary/aromatic N) is 1. The Balaban J connectivity index is 1.35. The third-order valence-corrected chi connectivity index (χ3v) is 8.16. The van der Waals surface area contributed by atoms with Gasteiger partial charge < -0.3 is 9.32 Å². The molecule has 0 aliphatic heterocycles. The fourth-order valence-corrected chi connectivity index (χ4v) is 6.05. The van der Waals surface area contributed by atoms with E-state index in [2.05, 4.69) is 6.07 Å². The molecule has 0 fully saturated rings. The smallest absolute Gasteiger partial charge is 0.135 e. The van der Waals surface area contributed by atoms with Gasteiger partial charge in [0, 0.05) is 27.5 Å². The fraction of sp³-hybridized carbons (Fsp3) is 0. The Labute approximate surface area is 267 Å². The van der Waals surface area contributed by atoms with Crippen molar-refractivity contribution in [3.05, 3.63) is 164 Å². The van der Waals surface area contributed by atoms with Gasteiger partial charge in [-0.2, -0.15) is 0 Å². The van der Waals surface area contributed by atoms with Gasteiger partial charge in [0.05, 0.1) is 18.0 Å². The number of para-hydroxylation sites is 1. The van der Waals surface area contributed by atoms with Crippen molar-refractivity contribution in [2.45, 2.75) is 0 Å². The average molecular weight is 571 g/mol. The molecule has 0 atom stereocenters. The minimum Gasteiger partial charge on any atom is -0.456 e. The van der Waals surface area contributed by atoms with Gasteiger partial charge in [-0.3, -0.25) is 0 Å². The van der Waals surface area contributed by atoms with Gasteiger partial charge in [-0.25, -0.2) is 0 Å². The molecule has 9 aromatic rings. The van der Waals surface area contributed by atoms with E-state index >= 15 is 0 Å². The molecule has 2 heteroatoms. The van der Waals surface area contributed by atoms with Crippen LogP contribution in [0.3, 0.4) is 0 Å². The molecule has 0 bridgehead atoms. The topological polar surface area (TPSA) is 16.4 Å². The summed E-state index contributed by atoms with van der Waals surface area (Å²) in [4.78, 5) is 1.74. The highest BCUT2D eigenvalue weighted by Gasteiger charge is 2.18. The monoisotopic (exact) mass is 570 g/mol. The van der Waals surface area contributed by atoms with Crippen molar-refractivity contribution < 1.29 is 16.8 Å². The van der Waals surface area contributed by atoms with Crippen LogP contribution >= 0.6 is 0 Å². The molecule has 0 aliphatic rings. The lowest BCUT2D eigenvalue weighted by Gasteiger charge is -2.28. The summed E-state index contributed by atoms with van der Waals surface area (Å²) in [6.45, 7) is 0. The van der Waals surface area contributed by atoms with Crippen LogP contribution in [0.15, 0.2) is 168 Å². The van der Waals surface area contributed by atoms with Crippen LogP contribution in [-0.4, -0.2) is 0 Å². The second-order valence-electron chi connectivity index (χ2n) is 10.7. The van der Waals surface area contributed by atoms with E-state index in [9.17, 15) is 1.37 Å². The minimum atomic E-state index is -0.549. The van der Waals surface area contributed by atoms with Crippen molar-refractivity contribution >= 4 is 71.3 Å². The average Bonchev–Trinajstić information content (AvgIpc) is 3.56. The maximum Gasteiger partial charge on any atom is 0.135 e. The molecular formula is C42H27NO. The van der Waals surface area contributed by atoms with Crippen molar-refractivity contribution in [2.24, 2.45) is 0 Å². The number of hydrogen-bond donors (Lipinski definition) is 0. The van der Waals surface area contributed by atoms with Crippen molar-refractivity contribution in [3.8, 4) is 11.1 Å². The lowest BCUT2D eigenvalue weighted by atomic mass is 9.98. The highest BCUT2D eigenvalue weighted by atomic mass is 16.3. The van der Waals surface area contributed by atoms with Crippen LogP contribution in [0.1, 0.15) is 12.3 Å². The van der Waals surface area contributed by atoms with Gasteiger partial charge in [0.1, 0.15) is 11.2 Å². The molecule has 2 nitrogen and oxygen atoms in total. The summed E-state index contributed by atoms with van der Waals surface area (Å²) < 4.78 is 85.7. The minimum absolute atomic E-state index is 0.0203. The first kappa shape index (κ1) is 17.3. The molecule has 0 N–H and O–H groups in total. The summed E-state index contributed by atoms with van der Waals surface area (Å²) in [6.07, 6.45) is 0. The van der Waals surface area contributed by atoms with E-state index in [-0.39, 0.29) is 33.3 Å². The maximum atomic E-state index is 9.66. The van der Waals surface area contributed by atoms with Gasteiger partial charge in [-0.1, -0.05) is 115 Å². The quantitative estimate of drug-likeness (QED) is 0.196. The molecule has 0 spiro atoms. The van der Waals surface area contributed by atoms with Gasteiger partial charge in [0.2, 0.25) is 0 Å². The summed E-state index contributed by atoms with van der Waals surface area (Å²) in [5, 5.41) is 3.51. The zero-order valence-electron chi connectivity index (χ0n) is 32.2. The summed E-state index contributed by atoms with van der Waals surface area (Å²) in [6, 6.07) is 30.8. The molecular weight excluding hydrogens is 534 g/mol. The molecule has 8 aromatic carbocycles. The van der Waals surface area contributed by atoms with E-state index in [1.807, 2.05) is 103 Å².